The molecule has 2 N–H and O–H groups in total. The second kappa shape index (κ2) is 5.50. The lowest BCUT2D eigenvalue weighted by Gasteiger charge is -2.13. The van der Waals surface area contributed by atoms with Gasteiger partial charge in [-0.1, -0.05) is 23.2 Å². The molecule has 0 amide bonds. The molecule has 0 aliphatic rings. The highest BCUT2D eigenvalue weighted by Crippen LogP contribution is 2.24. The lowest BCUT2D eigenvalue weighted by atomic mass is 10.0. The molecule has 2 nitrogen and oxygen atoms in total. The number of hydrogen-bond acceptors (Lipinski definition) is 2. The van der Waals surface area contributed by atoms with E-state index in [2.05, 4.69) is 4.98 Å². The average molecular weight is 267 g/mol. The van der Waals surface area contributed by atoms with E-state index < -0.39 is 0 Å². The first-order valence-electron chi connectivity index (χ1n) is 5.26. The molecule has 0 radical (unpaired) electrons. The fraction of sp³-hybridized carbons (Fsp3) is 0.154. The molecule has 0 aliphatic heterocycles. The highest BCUT2D eigenvalue weighted by Gasteiger charge is 2.09. The second-order valence-electron chi connectivity index (χ2n) is 3.83. The van der Waals surface area contributed by atoms with Crippen LogP contribution in [-0.4, -0.2) is 4.98 Å². The van der Waals surface area contributed by atoms with Gasteiger partial charge in [0.15, 0.2) is 0 Å². The van der Waals surface area contributed by atoms with E-state index in [1.807, 2.05) is 18.2 Å². The van der Waals surface area contributed by atoms with Gasteiger partial charge >= 0.3 is 0 Å². The zero-order valence-corrected chi connectivity index (χ0v) is 10.6. The molecule has 0 aliphatic carbocycles. The molecular weight excluding hydrogens is 255 g/mol. The van der Waals surface area contributed by atoms with Gasteiger partial charge in [0.25, 0.3) is 0 Å². The summed E-state index contributed by atoms with van der Waals surface area (Å²) in [6.45, 7) is 0. The zero-order chi connectivity index (χ0) is 12.3. The van der Waals surface area contributed by atoms with Crippen molar-refractivity contribution >= 4 is 23.2 Å². The molecule has 1 atom stereocenters. The van der Waals surface area contributed by atoms with E-state index in [1.165, 1.54) is 0 Å². The highest BCUT2D eigenvalue weighted by molar-refractivity contribution is 6.33. The van der Waals surface area contributed by atoms with Crippen molar-refractivity contribution in [2.45, 2.75) is 12.5 Å². The van der Waals surface area contributed by atoms with Crippen LogP contribution in [0.2, 0.25) is 10.0 Å². The van der Waals surface area contributed by atoms with Crippen molar-refractivity contribution in [3.05, 3.63) is 63.9 Å². The highest BCUT2D eigenvalue weighted by atomic mass is 35.5. The molecule has 2 aromatic rings. The predicted octanol–water partition coefficient (Wildman–Crippen LogP) is 3.63. The first kappa shape index (κ1) is 12.4. The maximum atomic E-state index is 6.12. The van der Waals surface area contributed by atoms with Crippen LogP contribution in [0.5, 0.6) is 0 Å². The van der Waals surface area contributed by atoms with E-state index in [1.54, 1.807) is 24.5 Å². The number of benzene rings is 1. The van der Waals surface area contributed by atoms with Crippen molar-refractivity contribution in [1.29, 1.82) is 0 Å². The Labute approximate surface area is 110 Å². The van der Waals surface area contributed by atoms with Gasteiger partial charge in [0.05, 0.1) is 0 Å². The Kier molecular flexibility index (Phi) is 4.00. The SMILES string of the molecule is NC(Cc1cc(Cl)ccc1Cl)c1ccncc1. The maximum Gasteiger partial charge on any atom is 0.0439 e. The number of hydrogen-bond donors (Lipinski definition) is 1. The summed E-state index contributed by atoms with van der Waals surface area (Å²) in [6, 6.07) is 9.12. The van der Waals surface area contributed by atoms with Gasteiger partial charge in [-0.25, -0.2) is 0 Å². The Bertz CT molecular complexity index is 500. The normalized spacial score (nSPS) is 12.4. The number of nitrogens with two attached hydrogens (primary N) is 1. The molecule has 0 saturated carbocycles. The van der Waals surface area contributed by atoms with Gasteiger partial charge in [0.2, 0.25) is 0 Å². The van der Waals surface area contributed by atoms with E-state index in [0.29, 0.717) is 16.5 Å². The molecule has 1 unspecified atom stereocenters. The number of aromatic nitrogens is 1. The van der Waals surface area contributed by atoms with E-state index >= 15 is 0 Å². The van der Waals surface area contributed by atoms with E-state index in [-0.39, 0.29) is 6.04 Å². The summed E-state index contributed by atoms with van der Waals surface area (Å²) in [7, 11) is 0. The van der Waals surface area contributed by atoms with Gasteiger partial charge in [-0.3, -0.25) is 4.98 Å². The van der Waals surface area contributed by atoms with Gasteiger partial charge < -0.3 is 5.73 Å². The van der Waals surface area contributed by atoms with Crippen molar-refractivity contribution in [3.63, 3.8) is 0 Å². The molecule has 1 aromatic heterocycles. The predicted molar refractivity (Wildman–Crippen MR) is 71.3 cm³/mol. The van der Waals surface area contributed by atoms with Crippen molar-refractivity contribution in [2.24, 2.45) is 5.73 Å². The number of pyridine rings is 1. The molecule has 0 bridgehead atoms. The van der Waals surface area contributed by atoms with Crippen molar-refractivity contribution in [3.8, 4) is 0 Å². The van der Waals surface area contributed by atoms with E-state index in [4.69, 9.17) is 28.9 Å². The summed E-state index contributed by atoms with van der Waals surface area (Å²) in [6.07, 6.45) is 4.12. The fourth-order valence-electron chi connectivity index (χ4n) is 1.67. The number of rotatable bonds is 3. The van der Waals surface area contributed by atoms with E-state index in [9.17, 15) is 0 Å². The van der Waals surface area contributed by atoms with Gasteiger partial charge in [-0.05, 0) is 47.9 Å². The Morgan fingerprint density at radius 3 is 2.53 bits per heavy atom. The van der Waals surface area contributed by atoms with Gasteiger partial charge in [-0.2, -0.15) is 0 Å². The molecule has 0 spiro atoms. The van der Waals surface area contributed by atoms with Crippen LogP contribution in [0, 0.1) is 0 Å². The minimum atomic E-state index is -0.103. The monoisotopic (exact) mass is 266 g/mol. The first-order valence-corrected chi connectivity index (χ1v) is 6.02. The summed E-state index contributed by atoms with van der Waals surface area (Å²) < 4.78 is 0. The molecule has 0 fully saturated rings. The molecule has 2 rings (SSSR count). The molecular formula is C13H12Cl2N2. The zero-order valence-electron chi connectivity index (χ0n) is 9.11. The summed E-state index contributed by atoms with van der Waals surface area (Å²) in [5.74, 6) is 0. The minimum Gasteiger partial charge on any atom is -0.324 e. The van der Waals surface area contributed by atoms with Crippen LogP contribution in [0.25, 0.3) is 0 Å². The number of nitrogens with zero attached hydrogens (tertiary/aromatic N) is 1. The third kappa shape index (κ3) is 3.19. The average Bonchev–Trinajstić information content (AvgIpc) is 2.35. The van der Waals surface area contributed by atoms with Crippen LogP contribution in [-0.2, 0) is 6.42 Å². The van der Waals surface area contributed by atoms with Crippen LogP contribution in [0.4, 0.5) is 0 Å². The Hall–Kier alpha value is -1.09. The smallest absolute Gasteiger partial charge is 0.0439 e. The molecule has 1 aromatic carbocycles. The fourth-order valence-corrected chi connectivity index (χ4v) is 2.05. The standard InChI is InChI=1S/C13H12Cl2N2/c14-11-1-2-12(15)10(7-11)8-13(16)9-3-5-17-6-4-9/h1-7,13H,8,16H2. The molecule has 0 saturated heterocycles. The second-order valence-corrected chi connectivity index (χ2v) is 4.67. The van der Waals surface area contributed by atoms with Crippen molar-refractivity contribution < 1.29 is 0 Å². The van der Waals surface area contributed by atoms with Gasteiger partial charge in [0.1, 0.15) is 0 Å². The molecule has 88 valence electrons. The van der Waals surface area contributed by atoms with Crippen LogP contribution in [0.1, 0.15) is 17.2 Å². The maximum absolute atomic E-state index is 6.12. The Morgan fingerprint density at radius 2 is 1.82 bits per heavy atom. The lowest BCUT2D eigenvalue weighted by molar-refractivity contribution is 0.720. The van der Waals surface area contributed by atoms with Crippen LogP contribution in [0.15, 0.2) is 42.7 Å². The van der Waals surface area contributed by atoms with Crippen LogP contribution in [0.3, 0.4) is 0 Å². The van der Waals surface area contributed by atoms with Gasteiger partial charge in [-0.15, -0.1) is 0 Å². The Balaban J connectivity index is 2.18. The first-order chi connectivity index (χ1) is 8.16. The molecule has 1 heterocycles. The molecule has 4 heteroatoms. The summed E-state index contributed by atoms with van der Waals surface area (Å²) in [4.78, 5) is 3.96. The summed E-state index contributed by atoms with van der Waals surface area (Å²) in [5.41, 5.74) is 8.12. The quantitative estimate of drug-likeness (QED) is 0.922. The van der Waals surface area contributed by atoms with Crippen LogP contribution >= 0.6 is 23.2 Å². The summed E-state index contributed by atoms with van der Waals surface area (Å²) in [5, 5.41) is 1.37. The third-order valence-corrected chi connectivity index (χ3v) is 3.19. The van der Waals surface area contributed by atoms with Crippen molar-refractivity contribution in [1.82, 2.24) is 4.98 Å². The van der Waals surface area contributed by atoms with E-state index in [0.717, 1.165) is 11.1 Å². The largest absolute Gasteiger partial charge is 0.324 e. The Morgan fingerprint density at radius 1 is 1.12 bits per heavy atom. The van der Waals surface area contributed by atoms with Crippen molar-refractivity contribution in [2.75, 3.05) is 0 Å². The topological polar surface area (TPSA) is 38.9 Å². The summed E-state index contributed by atoms with van der Waals surface area (Å²) >= 11 is 12.0. The third-order valence-electron chi connectivity index (χ3n) is 2.58. The lowest BCUT2D eigenvalue weighted by Crippen LogP contribution is -2.13. The van der Waals surface area contributed by atoms with Gasteiger partial charge in [0, 0.05) is 28.5 Å². The molecule has 17 heavy (non-hydrogen) atoms. The van der Waals surface area contributed by atoms with Crippen LogP contribution < -0.4 is 5.73 Å². The minimum absolute atomic E-state index is 0.103. The number of halogens is 2.